The third-order valence-electron chi connectivity index (χ3n) is 3.83. The van der Waals surface area contributed by atoms with Crippen LogP contribution >= 0.6 is 0 Å². The number of carbonyl (C=O) groups is 1. The molecular weight excluding hydrogens is 254 g/mol. The van der Waals surface area contributed by atoms with Crippen molar-refractivity contribution < 1.29 is 9.32 Å². The largest absolute Gasteiger partial charge is 0.338 e. The molecule has 1 aliphatic rings. The van der Waals surface area contributed by atoms with Crippen LogP contribution in [0.3, 0.4) is 0 Å². The van der Waals surface area contributed by atoms with Crippen molar-refractivity contribution in [1.82, 2.24) is 10.1 Å². The summed E-state index contributed by atoms with van der Waals surface area (Å²) in [5.41, 5.74) is 0.771. The standard InChI is InChI=1S/C15H25N3O2/c1-11-7-5-6-8-18(11)10-13(19)16-14-9-12(17-20-14)15(2,3)4/h9,11H,5-8,10H2,1-4H3,(H,16,19). The molecular formula is C15H25N3O2. The predicted molar refractivity (Wildman–Crippen MR) is 78.7 cm³/mol. The molecule has 0 spiro atoms. The zero-order chi connectivity index (χ0) is 14.8. The first-order valence-electron chi connectivity index (χ1n) is 7.37. The van der Waals surface area contributed by atoms with Crippen LogP contribution in [0.15, 0.2) is 10.6 Å². The van der Waals surface area contributed by atoms with Crippen molar-refractivity contribution in [1.29, 1.82) is 0 Å². The molecule has 1 N–H and O–H groups in total. The summed E-state index contributed by atoms with van der Waals surface area (Å²) >= 11 is 0. The fraction of sp³-hybridized carbons (Fsp3) is 0.733. The fourth-order valence-corrected chi connectivity index (χ4v) is 2.44. The summed E-state index contributed by atoms with van der Waals surface area (Å²) in [7, 11) is 0. The van der Waals surface area contributed by atoms with Crippen molar-refractivity contribution in [2.24, 2.45) is 0 Å². The average Bonchev–Trinajstić information content (AvgIpc) is 2.80. The predicted octanol–water partition coefficient (Wildman–Crippen LogP) is 2.79. The highest BCUT2D eigenvalue weighted by Gasteiger charge is 2.22. The van der Waals surface area contributed by atoms with Crippen LogP contribution in [-0.2, 0) is 10.2 Å². The molecule has 2 heterocycles. The van der Waals surface area contributed by atoms with Gasteiger partial charge in [-0.2, -0.15) is 0 Å². The van der Waals surface area contributed by atoms with Gasteiger partial charge in [-0.3, -0.25) is 15.0 Å². The van der Waals surface area contributed by atoms with Crippen LogP contribution < -0.4 is 5.32 Å². The van der Waals surface area contributed by atoms with Gasteiger partial charge < -0.3 is 4.52 Å². The maximum absolute atomic E-state index is 12.0. The maximum Gasteiger partial charge on any atom is 0.240 e. The van der Waals surface area contributed by atoms with E-state index in [4.69, 9.17) is 4.52 Å². The molecule has 1 fully saturated rings. The number of piperidine rings is 1. The number of aromatic nitrogens is 1. The molecule has 1 aromatic heterocycles. The van der Waals surface area contributed by atoms with Crippen molar-refractivity contribution in [2.75, 3.05) is 18.4 Å². The van der Waals surface area contributed by atoms with E-state index in [-0.39, 0.29) is 11.3 Å². The summed E-state index contributed by atoms with van der Waals surface area (Å²) in [4.78, 5) is 14.3. The Bertz CT molecular complexity index is 462. The van der Waals surface area contributed by atoms with Gasteiger partial charge in [0.05, 0.1) is 12.2 Å². The van der Waals surface area contributed by atoms with Crippen LogP contribution in [-0.4, -0.2) is 35.1 Å². The minimum absolute atomic E-state index is 0.0321. The van der Waals surface area contributed by atoms with Crippen LogP contribution in [0.4, 0.5) is 5.88 Å². The van der Waals surface area contributed by atoms with E-state index in [1.165, 1.54) is 19.3 Å². The SMILES string of the molecule is CC1CCCCN1CC(=O)Nc1cc(C(C)(C)C)no1. The lowest BCUT2D eigenvalue weighted by Gasteiger charge is -2.32. The third kappa shape index (κ3) is 3.82. The molecule has 0 bridgehead atoms. The van der Waals surface area contributed by atoms with E-state index in [1.54, 1.807) is 6.07 Å². The highest BCUT2D eigenvalue weighted by molar-refractivity contribution is 5.91. The van der Waals surface area contributed by atoms with Crippen LogP contribution in [0.25, 0.3) is 0 Å². The van der Waals surface area contributed by atoms with Crippen molar-refractivity contribution in [2.45, 2.75) is 58.4 Å². The van der Waals surface area contributed by atoms with E-state index in [9.17, 15) is 4.79 Å². The van der Waals surface area contributed by atoms with E-state index in [2.05, 4.69) is 43.1 Å². The summed E-state index contributed by atoms with van der Waals surface area (Å²) in [6.07, 6.45) is 3.61. The van der Waals surface area contributed by atoms with E-state index in [0.29, 0.717) is 18.5 Å². The Labute approximate surface area is 120 Å². The van der Waals surface area contributed by atoms with Crippen molar-refractivity contribution in [3.05, 3.63) is 11.8 Å². The number of nitrogens with one attached hydrogen (secondary N) is 1. The number of amides is 1. The second-order valence-electron chi connectivity index (χ2n) is 6.69. The molecule has 0 aliphatic carbocycles. The van der Waals surface area contributed by atoms with E-state index >= 15 is 0 Å². The zero-order valence-electron chi connectivity index (χ0n) is 12.9. The summed E-state index contributed by atoms with van der Waals surface area (Å²) in [5, 5.41) is 6.79. The molecule has 0 aromatic carbocycles. The van der Waals surface area contributed by atoms with Crippen LogP contribution in [0, 0.1) is 0 Å². The van der Waals surface area contributed by atoms with E-state index < -0.39 is 0 Å². The lowest BCUT2D eigenvalue weighted by Crippen LogP contribution is -2.42. The number of carbonyl (C=O) groups excluding carboxylic acids is 1. The highest BCUT2D eigenvalue weighted by atomic mass is 16.5. The number of rotatable bonds is 3. The van der Waals surface area contributed by atoms with Crippen LogP contribution in [0.2, 0.25) is 0 Å². The minimum atomic E-state index is -0.0755. The van der Waals surface area contributed by atoms with Gasteiger partial charge in [-0.15, -0.1) is 0 Å². The molecule has 1 aliphatic heterocycles. The van der Waals surface area contributed by atoms with E-state index in [1.807, 2.05) is 0 Å². The molecule has 1 atom stereocenters. The maximum atomic E-state index is 12.0. The van der Waals surface area contributed by atoms with Gasteiger partial charge in [0.15, 0.2) is 0 Å². The quantitative estimate of drug-likeness (QED) is 0.924. The molecule has 5 nitrogen and oxygen atoms in total. The first kappa shape index (κ1) is 15.0. The smallest absolute Gasteiger partial charge is 0.240 e. The third-order valence-corrected chi connectivity index (χ3v) is 3.83. The first-order chi connectivity index (χ1) is 9.36. The van der Waals surface area contributed by atoms with Crippen LogP contribution in [0.5, 0.6) is 0 Å². The zero-order valence-corrected chi connectivity index (χ0v) is 12.9. The van der Waals surface area contributed by atoms with E-state index in [0.717, 1.165) is 12.2 Å². The Morgan fingerprint density at radius 2 is 2.25 bits per heavy atom. The Morgan fingerprint density at radius 1 is 1.50 bits per heavy atom. The van der Waals surface area contributed by atoms with Crippen molar-refractivity contribution in [3.63, 3.8) is 0 Å². The van der Waals surface area contributed by atoms with Gasteiger partial charge in [0.2, 0.25) is 11.8 Å². The number of anilines is 1. The highest BCUT2D eigenvalue weighted by Crippen LogP contribution is 2.23. The molecule has 112 valence electrons. The lowest BCUT2D eigenvalue weighted by atomic mass is 9.92. The molecule has 5 heteroatoms. The van der Waals surface area contributed by atoms with Gasteiger partial charge in [-0.25, -0.2) is 0 Å². The Kier molecular flexibility index (Phi) is 4.48. The Balaban J connectivity index is 1.89. The summed E-state index contributed by atoms with van der Waals surface area (Å²) in [6, 6.07) is 2.28. The first-order valence-corrected chi connectivity index (χ1v) is 7.37. The number of likely N-dealkylation sites (tertiary alicyclic amines) is 1. The normalized spacial score (nSPS) is 20.9. The molecule has 1 saturated heterocycles. The topological polar surface area (TPSA) is 58.4 Å². The Morgan fingerprint density at radius 3 is 2.85 bits per heavy atom. The molecule has 20 heavy (non-hydrogen) atoms. The number of hydrogen-bond acceptors (Lipinski definition) is 4. The van der Waals surface area contributed by atoms with Gasteiger partial charge >= 0.3 is 0 Å². The summed E-state index contributed by atoms with van der Waals surface area (Å²) in [5.74, 6) is 0.403. The summed E-state index contributed by atoms with van der Waals surface area (Å²) in [6.45, 7) is 9.78. The molecule has 2 rings (SSSR count). The number of nitrogens with zero attached hydrogens (tertiary/aromatic N) is 2. The van der Waals surface area contributed by atoms with Gasteiger partial charge in [0.25, 0.3) is 0 Å². The minimum Gasteiger partial charge on any atom is -0.338 e. The fourth-order valence-electron chi connectivity index (χ4n) is 2.44. The van der Waals surface area contributed by atoms with Gasteiger partial charge in [0, 0.05) is 17.5 Å². The second kappa shape index (κ2) is 5.95. The molecule has 1 unspecified atom stereocenters. The van der Waals surface area contributed by atoms with Gasteiger partial charge in [0.1, 0.15) is 0 Å². The average molecular weight is 279 g/mol. The molecule has 1 aromatic rings. The molecule has 0 radical (unpaired) electrons. The molecule has 0 saturated carbocycles. The van der Waals surface area contributed by atoms with Gasteiger partial charge in [-0.05, 0) is 26.3 Å². The van der Waals surface area contributed by atoms with Crippen molar-refractivity contribution >= 4 is 11.8 Å². The van der Waals surface area contributed by atoms with Gasteiger partial charge in [-0.1, -0.05) is 32.3 Å². The van der Waals surface area contributed by atoms with Crippen LogP contribution in [0.1, 0.15) is 52.7 Å². The monoisotopic (exact) mass is 279 g/mol. The second-order valence-corrected chi connectivity index (χ2v) is 6.69. The Hall–Kier alpha value is -1.36. The van der Waals surface area contributed by atoms with Crippen molar-refractivity contribution in [3.8, 4) is 0 Å². The lowest BCUT2D eigenvalue weighted by molar-refractivity contribution is -0.118. The number of hydrogen-bond donors (Lipinski definition) is 1. The summed E-state index contributed by atoms with van der Waals surface area (Å²) < 4.78 is 5.18. The molecule has 1 amide bonds.